The van der Waals surface area contributed by atoms with Gasteiger partial charge in [-0.2, -0.15) is 14.9 Å². The lowest BCUT2D eigenvalue weighted by atomic mass is 10.2. The molecule has 0 aliphatic carbocycles. The molecule has 1 aromatic carbocycles. The number of hydrogen-bond donors (Lipinski definition) is 2. The number of nitrogens with one attached hydrogen (secondary N) is 2. The van der Waals surface area contributed by atoms with Gasteiger partial charge in [0.15, 0.2) is 0 Å². The fourth-order valence-corrected chi connectivity index (χ4v) is 1.80. The van der Waals surface area contributed by atoms with E-state index in [-0.39, 0.29) is 0 Å². The number of aromatic amines is 2. The van der Waals surface area contributed by atoms with Gasteiger partial charge in [-0.25, -0.2) is 0 Å². The van der Waals surface area contributed by atoms with Gasteiger partial charge in [0.05, 0.1) is 6.21 Å². The van der Waals surface area contributed by atoms with E-state index in [1.807, 2.05) is 30.5 Å². The number of hydrogen-bond acceptors (Lipinski definition) is 3. The molecule has 0 unspecified atom stereocenters. The van der Waals surface area contributed by atoms with E-state index in [0.29, 0.717) is 4.77 Å². The van der Waals surface area contributed by atoms with Gasteiger partial charge in [0.25, 0.3) is 0 Å². The zero-order valence-electron chi connectivity index (χ0n) is 8.79. The van der Waals surface area contributed by atoms with Crippen molar-refractivity contribution in [1.29, 1.82) is 0 Å². The molecule has 0 bridgehead atoms. The van der Waals surface area contributed by atoms with E-state index < -0.39 is 0 Å². The molecule has 0 spiro atoms. The molecule has 0 aliphatic heterocycles. The van der Waals surface area contributed by atoms with Crippen molar-refractivity contribution in [2.24, 2.45) is 5.10 Å². The molecule has 0 radical (unpaired) electrons. The highest BCUT2D eigenvalue weighted by Gasteiger charge is 1.99. The zero-order chi connectivity index (χ0) is 11.7. The maximum atomic E-state index is 5.00. The van der Waals surface area contributed by atoms with Gasteiger partial charge in [-0.1, -0.05) is 18.2 Å². The highest BCUT2D eigenvalue weighted by molar-refractivity contribution is 7.71. The Hall–Kier alpha value is -2.21. The van der Waals surface area contributed by atoms with Crippen LogP contribution in [0.25, 0.3) is 10.9 Å². The topological polar surface area (TPSA) is 61.8 Å². The number of aromatic nitrogens is 4. The number of H-pyrrole nitrogens is 2. The Morgan fingerprint density at radius 1 is 1.35 bits per heavy atom. The minimum Gasteiger partial charge on any atom is -0.361 e. The van der Waals surface area contributed by atoms with Crippen LogP contribution < -0.4 is 0 Å². The van der Waals surface area contributed by atoms with Crippen LogP contribution in [0.3, 0.4) is 0 Å². The molecule has 0 amide bonds. The minimum absolute atomic E-state index is 0.473. The van der Waals surface area contributed by atoms with Crippen LogP contribution in [0.4, 0.5) is 0 Å². The van der Waals surface area contributed by atoms with Gasteiger partial charge in [-0.3, -0.25) is 5.10 Å². The molecule has 0 atom stereocenters. The van der Waals surface area contributed by atoms with Crippen LogP contribution in [-0.4, -0.2) is 26.1 Å². The van der Waals surface area contributed by atoms with Gasteiger partial charge < -0.3 is 4.98 Å². The van der Waals surface area contributed by atoms with Crippen LogP contribution in [0.15, 0.2) is 41.9 Å². The molecule has 3 rings (SSSR count). The maximum Gasteiger partial charge on any atom is 0.216 e. The van der Waals surface area contributed by atoms with Crippen molar-refractivity contribution < 1.29 is 0 Å². The molecule has 2 heterocycles. The average Bonchev–Trinajstić information content (AvgIpc) is 2.93. The molecule has 2 N–H and O–H groups in total. The smallest absolute Gasteiger partial charge is 0.216 e. The first-order valence-corrected chi connectivity index (χ1v) is 5.48. The van der Waals surface area contributed by atoms with Gasteiger partial charge in [0, 0.05) is 22.7 Å². The Kier molecular flexibility index (Phi) is 2.34. The van der Waals surface area contributed by atoms with Crippen LogP contribution in [0, 0.1) is 4.77 Å². The van der Waals surface area contributed by atoms with Crippen molar-refractivity contribution in [3.63, 3.8) is 0 Å². The largest absolute Gasteiger partial charge is 0.361 e. The first-order valence-electron chi connectivity index (χ1n) is 5.07. The standard InChI is InChI=1S/C11H9N5S/c17-11-15-13-7-16(11)14-6-8-5-12-10-4-2-1-3-9(8)10/h1-7,12H,(H,15,17)/b14-6+. The molecule has 0 saturated carbocycles. The number of benzene rings is 1. The normalized spacial score (nSPS) is 11.5. The van der Waals surface area contributed by atoms with Gasteiger partial charge >= 0.3 is 0 Å². The number of para-hydroxylation sites is 1. The summed E-state index contributed by atoms with van der Waals surface area (Å²) in [6, 6.07) is 8.06. The first kappa shape index (κ1) is 9.98. The second-order valence-electron chi connectivity index (χ2n) is 3.54. The predicted octanol–water partition coefficient (Wildman–Crippen LogP) is 2.30. The minimum atomic E-state index is 0.473. The summed E-state index contributed by atoms with van der Waals surface area (Å²) in [6.07, 6.45) is 5.20. The van der Waals surface area contributed by atoms with E-state index in [1.54, 1.807) is 6.21 Å². The summed E-state index contributed by atoms with van der Waals surface area (Å²) in [4.78, 5) is 3.18. The first-order chi connectivity index (χ1) is 8.34. The van der Waals surface area contributed by atoms with E-state index in [9.17, 15) is 0 Å². The fourth-order valence-electron chi connectivity index (χ4n) is 1.65. The highest BCUT2D eigenvalue weighted by atomic mass is 32.1. The van der Waals surface area contributed by atoms with Gasteiger partial charge in [0.1, 0.15) is 6.33 Å². The zero-order valence-corrected chi connectivity index (χ0v) is 9.61. The Bertz CT molecular complexity index is 733. The van der Waals surface area contributed by atoms with E-state index >= 15 is 0 Å². The Labute approximate surface area is 102 Å². The van der Waals surface area contributed by atoms with Gasteiger partial charge in [0.2, 0.25) is 4.77 Å². The lowest BCUT2D eigenvalue weighted by Gasteiger charge is -1.91. The molecular weight excluding hydrogens is 234 g/mol. The molecule has 17 heavy (non-hydrogen) atoms. The summed E-state index contributed by atoms with van der Waals surface area (Å²) >= 11 is 5.00. The summed E-state index contributed by atoms with van der Waals surface area (Å²) in [5.74, 6) is 0. The number of fused-ring (bicyclic) bond motifs is 1. The third kappa shape index (κ3) is 1.78. The van der Waals surface area contributed by atoms with E-state index in [0.717, 1.165) is 16.5 Å². The van der Waals surface area contributed by atoms with E-state index in [4.69, 9.17) is 12.2 Å². The van der Waals surface area contributed by atoms with Gasteiger partial charge in [-0.15, -0.1) is 0 Å². The van der Waals surface area contributed by atoms with Crippen LogP contribution in [0.1, 0.15) is 5.56 Å². The van der Waals surface area contributed by atoms with Crippen molar-refractivity contribution in [2.75, 3.05) is 0 Å². The highest BCUT2D eigenvalue weighted by Crippen LogP contribution is 2.15. The van der Waals surface area contributed by atoms with Crippen LogP contribution in [0.2, 0.25) is 0 Å². The molecule has 84 valence electrons. The van der Waals surface area contributed by atoms with Crippen molar-refractivity contribution in [3.05, 3.63) is 47.1 Å². The fraction of sp³-hybridized carbons (Fsp3) is 0. The molecule has 6 heteroatoms. The van der Waals surface area contributed by atoms with Crippen molar-refractivity contribution in [1.82, 2.24) is 19.9 Å². The molecule has 3 aromatic rings. The van der Waals surface area contributed by atoms with E-state index in [1.165, 1.54) is 11.0 Å². The molecule has 0 saturated heterocycles. The van der Waals surface area contributed by atoms with Gasteiger partial charge in [-0.05, 0) is 18.3 Å². The molecular formula is C11H9N5S. The second-order valence-corrected chi connectivity index (χ2v) is 3.93. The maximum absolute atomic E-state index is 5.00. The number of nitrogens with zero attached hydrogens (tertiary/aromatic N) is 3. The summed E-state index contributed by atoms with van der Waals surface area (Å²) in [5, 5.41) is 11.8. The van der Waals surface area contributed by atoms with E-state index in [2.05, 4.69) is 20.3 Å². The quantitative estimate of drug-likeness (QED) is 0.536. The second kappa shape index (κ2) is 3.99. The lowest BCUT2D eigenvalue weighted by Crippen LogP contribution is -1.88. The average molecular weight is 243 g/mol. The summed E-state index contributed by atoms with van der Waals surface area (Å²) in [5.41, 5.74) is 2.11. The number of rotatable bonds is 2. The third-order valence-electron chi connectivity index (χ3n) is 2.48. The van der Waals surface area contributed by atoms with Crippen LogP contribution in [-0.2, 0) is 0 Å². The predicted molar refractivity (Wildman–Crippen MR) is 68.7 cm³/mol. The monoisotopic (exact) mass is 243 g/mol. The van der Waals surface area contributed by atoms with Crippen LogP contribution >= 0.6 is 12.2 Å². The summed E-state index contributed by atoms with van der Waals surface area (Å²) in [7, 11) is 0. The van der Waals surface area contributed by atoms with Crippen molar-refractivity contribution in [2.45, 2.75) is 0 Å². The van der Waals surface area contributed by atoms with Crippen LogP contribution in [0.5, 0.6) is 0 Å². The SMILES string of the molecule is S=c1[nH]ncn1/N=C/c1c[nH]c2ccccc12. The molecule has 0 fully saturated rings. The summed E-state index contributed by atoms with van der Waals surface area (Å²) in [6.45, 7) is 0. The molecule has 2 aromatic heterocycles. The molecule has 0 aliphatic rings. The van der Waals surface area contributed by atoms with Crippen molar-refractivity contribution >= 4 is 29.3 Å². The lowest BCUT2D eigenvalue weighted by molar-refractivity contribution is 0.863. The third-order valence-corrected chi connectivity index (χ3v) is 2.76. The molecule has 5 nitrogen and oxygen atoms in total. The summed E-state index contributed by atoms with van der Waals surface area (Å²) < 4.78 is 1.98. The van der Waals surface area contributed by atoms with Crippen molar-refractivity contribution in [3.8, 4) is 0 Å². The Morgan fingerprint density at radius 3 is 3.06 bits per heavy atom. The Balaban J connectivity index is 2.03. The Morgan fingerprint density at radius 2 is 2.24 bits per heavy atom.